The zero-order valence-electron chi connectivity index (χ0n) is 10.4. The third-order valence-corrected chi connectivity index (χ3v) is 3.65. The fourth-order valence-corrected chi connectivity index (χ4v) is 1.97. The topological polar surface area (TPSA) is 46.5 Å². The van der Waals surface area contributed by atoms with Crippen LogP contribution in [0.4, 0.5) is 0 Å². The number of hydrogen-bond donors (Lipinski definition) is 1. The minimum Gasteiger partial charge on any atom is -0.480 e. The lowest BCUT2D eigenvalue weighted by atomic mass is 9.99. The summed E-state index contributed by atoms with van der Waals surface area (Å²) >= 11 is 12.2. The summed E-state index contributed by atoms with van der Waals surface area (Å²) in [5.74, 6) is -0.229. The average molecular weight is 291 g/mol. The predicted octanol–water partition coefficient (Wildman–Crippen LogP) is 4.05. The van der Waals surface area contributed by atoms with E-state index in [4.69, 9.17) is 33.0 Å². The summed E-state index contributed by atoms with van der Waals surface area (Å²) in [7, 11) is 0. The number of carboxylic acid groups (broad SMARTS) is 1. The van der Waals surface area contributed by atoms with E-state index < -0.39 is 12.6 Å². The SMILES string of the molecule is CCC(C)Cc1ccc(OCC(=O)O)c(Cl)c1Cl. The van der Waals surface area contributed by atoms with Crippen molar-refractivity contribution >= 4 is 29.2 Å². The number of aliphatic carboxylic acids is 1. The van der Waals surface area contributed by atoms with E-state index in [2.05, 4.69) is 13.8 Å². The summed E-state index contributed by atoms with van der Waals surface area (Å²) in [5.41, 5.74) is 0.957. The van der Waals surface area contributed by atoms with E-state index in [1.54, 1.807) is 6.07 Å². The van der Waals surface area contributed by atoms with Crippen molar-refractivity contribution in [1.82, 2.24) is 0 Å². The fraction of sp³-hybridized carbons (Fsp3) is 0.462. The van der Waals surface area contributed by atoms with Crippen LogP contribution < -0.4 is 4.74 Å². The van der Waals surface area contributed by atoms with E-state index in [0.717, 1.165) is 18.4 Å². The Morgan fingerprint density at radius 2 is 2.06 bits per heavy atom. The summed E-state index contributed by atoms with van der Waals surface area (Å²) in [6.45, 7) is 3.82. The van der Waals surface area contributed by atoms with Gasteiger partial charge in [0.15, 0.2) is 6.61 Å². The van der Waals surface area contributed by atoms with Crippen LogP contribution in [0.1, 0.15) is 25.8 Å². The quantitative estimate of drug-likeness (QED) is 0.860. The fourth-order valence-electron chi connectivity index (χ4n) is 1.50. The zero-order valence-corrected chi connectivity index (χ0v) is 11.9. The van der Waals surface area contributed by atoms with Crippen LogP contribution in [0.25, 0.3) is 0 Å². The van der Waals surface area contributed by atoms with Crippen LogP contribution in [-0.2, 0) is 11.2 Å². The van der Waals surface area contributed by atoms with Crippen molar-refractivity contribution in [3.05, 3.63) is 27.7 Å². The number of benzene rings is 1. The molecule has 1 rings (SSSR count). The van der Waals surface area contributed by atoms with Gasteiger partial charge in [-0.15, -0.1) is 0 Å². The molecule has 0 radical (unpaired) electrons. The van der Waals surface area contributed by atoms with Crippen LogP contribution in [0.2, 0.25) is 10.0 Å². The molecule has 0 amide bonds. The summed E-state index contributed by atoms with van der Waals surface area (Å²) in [6.07, 6.45) is 1.90. The Bertz CT molecular complexity index is 432. The number of carboxylic acids is 1. The van der Waals surface area contributed by atoms with Gasteiger partial charge >= 0.3 is 5.97 Å². The first-order valence-electron chi connectivity index (χ1n) is 5.77. The number of carbonyl (C=O) groups is 1. The minimum absolute atomic E-state index is 0.277. The van der Waals surface area contributed by atoms with E-state index in [1.807, 2.05) is 6.07 Å². The minimum atomic E-state index is -1.05. The van der Waals surface area contributed by atoms with Gasteiger partial charge in [0.2, 0.25) is 0 Å². The summed E-state index contributed by atoms with van der Waals surface area (Å²) in [4.78, 5) is 10.4. The Morgan fingerprint density at radius 1 is 1.39 bits per heavy atom. The number of rotatable bonds is 6. The van der Waals surface area contributed by atoms with Gasteiger partial charge in [0.05, 0.1) is 5.02 Å². The van der Waals surface area contributed by atoms with Crippen LogP contribution in [0, 0.1) is 5.92 Å². The molecule has 0 spiro atoms. The molecule has 18 heavy (non-hydrogen) atoms. The van der Waals surface area contributed by atoms with Crippen molar-refractivity contribution in [2.24, 2.45) is 5.92 Å². The predicted molar refractivity (Wildman–Crippen MR) is 72.8 cm³/mol. The lowest BCUT2D eigenvalue weighted by molar-refractivity contribution is -0.139. The monoisotopic (exact) mass is 290 g/mol. The van der Waals surface area contributed by atoms with Gasteiger partial charge in [0, 0.05) is 0 Å². The Hall–Kier alpha value is -0.930. The summed E-state index contributed by atoms with van der Waals surface area (Å²) < 4.78 is 5.05. The lowest BCUT2D eigenvalue weighted by Gasteiger charge is -2.13. The molecule has 1 unspecified atom stereocenters. The summed E-state index contributed by atoms with van der Waals surface area (Å²) in [5, 5.41) is 9.26. The van der Waals surface area contributed by atoms with Crippen LogP contribution in [0.3, 0.4) is 0 Å². The highest BCUT2D eigenvalue weighted by Crippen LogP contribution is 2.35. The van der Waals surface area contributed by atoms with Crippen molar-refractivity contribution in [2.75, 3.05) is 6.61 Å². The molecule has 3 nitrogen and oxygen atoms in total. The molecular formula is C13H16Cl2O3. The Morgan fingerprint density at radius 3 is 2.61 bits per heavy atom. The molecule has 0 bridgehead atoms. The third kappa shape index (κ3) is 4.07. The molecule has 1 atom stereocenters. The second kappa shape index (κ2) is 6.86. The average Bonchev–Trinajstić information content (AvgIpc) is 2.33. The number of halogens is 2. The van der Waals surface area contributed by atoms with Crippen molar-refractivity contribution in [3.63, 3.8) is 0 Å². The molecule has 0 aromatic heterocycles. The Balaban J connectivity index is 2.87. The lowest BCUT2D eigenvalue weighted by Crippen LogP contribution is -2.10. The van der Waals surface area contributed by atoms with Gasteiger partial charge in [0.25, 0.3) is 0 Å². The Labute approximate surface area is 117 Å². The first-order valence-corrected chi connectivity index (χ1v) is 6.52. The van der Waals surface area contributed by atoms with E-state index >= 15 is 0 Å². The first kappa shape index (κ1) is 15.1. The number of ether oxygens (including phenoxy) is 1. The van der Waals surface area contributed by atoms with Gasteiger partial charge in [-0.1, -0.05) is 49.5 Å². The maximum Gasteiger partial charge on any atom is 0.341 e. The van der Waals surface area contributed by atoms with E-state index in [9.17, 15) is 4.79 Å². The van der Waals surface area contributed by atoms with E-state index in [0.29, 0.717) is 16.7 Å². The van der Waals surface area contributed by atoms with Crippen LogP contribution in [0.5, 0.6) is 5.75 Å². The second-order valence-corrected chi connectivity index (χ2v) is 5.01. The molecular weight excluding hydrogens is 275 g/mol. The normalized spacial score (nSPS) is 12.2. The molecule has 0 aliphatic heterocycles. The highest BCUT2D eigenvalue weighted by Gasteiger charge is 2.13. The van der Waals surface area contributed by atoms with Gasteiger partial charge in [-0.3, -0.25) is 0 Å². The Kier molecular flexibility index (Phi) is 5.76. The third-order valence-electron chi connectivity index (χ3n) is 2.74. The smallest absolute Gasteiger partial charge is 0.341 e. The molecule has 1 N–H and O–H groups in total. The highest BCUT2D eigenvalue weighted by molar-refractivity contribution is 6.43. The van der Waals surface area contributed by atoms with E-state index in [-0.39, 0.29) is 5.02 Å². The number of hydrogen-bond acceptors (Lipinski definition) is 2. The van der Waals surface area contributed by atoms with Crippen molar-refractivity contribution in [1.29, 1.82) is 0 Å². The van der Waals surface area contributed by atoms with Crippen molar-refractivity contribution in [2.45, 2.75) is 26.7 Å². The van der Waals surface area contributed by atoms with Gasteiger partial charge in [-0.2, -0.15) is 0 Å². The molecule has 5 heteroatoms. The summed E-state index contributed by atoms with van der Waals surface area (Å²) in [6, 6.07) is 3.49. The molecule has 0 aliphatic carbocycles. The van der Waals surface area contributed by atoms with Gasteiger partial charge in [-0.25, -0.2) is 4.79 Å². The zero-order chi connectivity index (χ0) is 13.7. The molecule has 0 heterocycles. The molecule has 1 aromatic rings. The molecule has 100 valence electrons. The second-order valence-electron chi connectivity index (χ2n) is 4.25. The largest absolute Gasteiger partial charge is 0.480 e. The highest BCUT2D eigenvalue weighted by atomic mass is 35.5. The standard InChI is InChI=1S/C13H16Cl2O3/c1-3-8(2)6-9-4-5-10(13(15)12(9)14)18-7-11(16)17/h4-5,8H,3,6-7H2,1-2H3,(H,16,17). The van der Waals surface area contributed by atoms with Crippen LogP contribution >= 0.6 is 23.2 Å². The van der Waals surface area contributed by atoms with Crippen LogP contribution in [0.15, 0.2) is 12.1 Å². The van der Waals surface area contributed by atoms with Crippen LogP contribution in [-0.4, -0.2) is 17.7 Å². The maximum absolute atomic E-state index is 10.4. The van der Waals surface area contributed by atoms with Gasteiger partial charge in [0.1, 0.15) is 10.8 Å². The first-order chi connectivity index (χ1) is 8.45. The molecule has 0 saturated heterocycles. The molecule has 0 aliphatic rings. The van der Waals surface area contributed by atoms with E-state index in [1.165, 1.54) is 0 Å². The molecule has 0 fully saturated rings. The van der Waals surface area contributed by atoms with Gasteiger partial charge < -0.3 is 9.84 Å². The maximum atomic E-state index is 10.4. The van der Waals surface area contributed by atoms with Crippen molar-refractivity contribution in [3.8, 4) is 5.75 Å². The molecule has 0 saturated carbocycles. The molecule has 1 aromatic carbocycles. The van der Waals surface area contributed by atoms with Crippen molar-refractivity contribution < 1.29 is 14.6 Å². The van der Waals surface area contributed by atoms with Gasteiger partial charge in [-0.05, 0) is 24.0 Å².